The number of carbonyl (C=O) groups excluding carboxylic acids is 1. The summed E-state index contributed by atoms with van der Waals surface area (Å²) >= 11 is 0. The van der Waals surface area contributed by atoms with E-state index in [1.807, 2.05) is 25.1 Å². The minimum Gasteiger partial charge on any atom is -0.392 e. The molecule has 1 aromatic rings. The topological polar surface area (TPSA) is 75.4 Å². The number of nitrogens with one attached hydrogen (secondary N) is 1. The lowest BCUT2D eigenvalue weighted by atomic mass is 10.1. The smallest absolute Gasteiger partial charge is 0.220 e. The summed E-state index contributed by atoms with van der Waals surface area (Å²) in [5.74, 6) is -0.0346. The Bertz CT molecular complexity index is 391. The zero-order valence-corrected chi connectivity index (χ0v) is 11.0. The fourth-order valence-corrected chi connectivity index (χ4v) is 1.62. The number of aliphatic hydroxyl groups is 1. The maximum atomic E-state index is 11.6. The highest BCUT2D eigenvalue weighted by Crippen LogP contribution is 2.06. The average molecular weight is 250 g/mol. The Morgan fingerprint density at radius 3 is 2.83 bits per heavy atom. The first-order valence-electron chi connectivity index (χ1n) is 6.25. The summed E-state index contributed by atoms with van der Waals surface area (Å²) < 4.78 is 0. The normalized spacial score (nSPS) is 14.0. The highest BCUT2D eigenvalue weighted by molar-refractivity contribution is 5.76. The zero-order valence-electron chi connectivity index (χ0n) is 11.0. The van der Waals surface area contributed by atoms with E-state index in [9.17, 15) is 9.90 Å². The van der Waals surface area contributed by atoms with E-state index in [4.69, 9.17) is 5.73 Å². The predicted octanol–water partition coefficient (Wildman–Crippen LogP) is 0.752. The summed E-state index contributed by atoms with van der Waals surface area (Å²) in [6, 6.07) is 7.71. The molecule has 4 nitrogen and oxygen atoms in total. The number of hydrogen-bond donors (Lipinski definition) is 3. The fourth-order valence-electron chi connectivity index (χ4n) is 1.62. The van der Waals surface area contributed by atoms with Crippen molar-refractivity contribution >= 4 is 5.91 Å². The van der Waals surface area contributed by atoms with Gasteiger partial charge in [0.05, 0.1) is 6.10 Å². The lowest BCUT2D eigenvalue weighted by Crippen LogP contribution is -2.43. The maximum Gasteiger partial charge on any atom is 0.220 e. The summed E-state index contributed by atoms with van der Waals surface area (Å²) in [6.45, 7) is 3.96. The number of nitrogens with two attached hydrogens (primary N) is 1. The first kappa shape index (κ1) is 14.7. The van der Waals surface area contributed by atoms with Crippen molar-refractivity contribution in [1.82, 2.24) is 5.32 Å². The molecule has 0 aliphatic rings. The molecule has 0 fully saturated rings. The molecule has 4 N–H and O–H groups in total. The third kappa shape index (κ3) is 5.29. The van der Waals surface area contributed by atoms with Crippen molar-refractivity contribution in [2.45, 2.75) is 38.8 Å². The van der Waals surface area contributed by atoms with Crippen LogP contribution in [0.5, 0.6) is 0 Å². The first-order valence-corrected chi connectivity index (χ1v) is 6.25. The Morgan fingerprint density at radius 2 is 2.22 bits per heavy atom. The van der Waals surface area contributed by atoms with Gasteiger partial charge in [-0.3, -0.25) is 4.79 Å². The van der Waals surface area contributed by atoms with Gasteiger partial charge in [0, 0.05) is 19.0 Å². The van der Waals surface area contributed by atoms with Crippen LogP contribution in [0.25, 0.3) is 0 Å². The molecule has 0 radical (unpaired) electrons. The predicted molar refractivity (Wildman–Crippen MR) is 72.2 cm³/mol. The Kier molecular flexibility index (Phi) is 5.82. The number of hydrogen-bond acceptors (Lipinski definition) is 3. The van der Waals surface area contributed by atoms with Crippen LogP contribution in [0.1, 0.15) is 24.5 Å². The molecule has 18 heavy (non-hydrogen) atoms. The van der Waals surface area contributed by atoms with Crippen molar-refractivity contribution in [1.29, 1.82) is 0 Å². The standard InChI is InChI=1S/C14H22N2O2/c1-10-4-3-5-12(8-10)6-7-14(18)16-9-13(15)11(2)17/h3-5,8,11,13,17H,6-7,9,15H2,1-2H3,(H,16,18). The van der Waals surface area contributed by atoms with Crippen molar-refractivity contribution in [2.75, 3.05) is 6.54 Å². The second-order valence-electron chi connectivity index (χ2n) is 4.70. The van der Waals surface area contributed by atoms with Gasteiger partial charge in [0.25, 0.3) is 0 Å². The summed E-state index contributed by atoms with van der Waals surface area (Å²) in [7, 11) is 0. The largest absolute Gasteiger partial charge is 0.392 e. The highest BCUT2D eigenvalue weighted by Gasteiger charge is 2.10. The molecule has 2 atom stereocenters. The van der Waals surface area contributed by atoms with Gasteiger partial charge in [-0.05, 0) is 25.8 Å². The average Bonchev–Trinajstić information content (AvgIpc) is 2.33. The van der Waals surface area contributed by atoms with E-state index in [1.165, 1.54) is 5.56 Å². The van der Waals surface area contributed by atoms with Gasteiger partial charge >= 0.3 is 0 Å². The van der Waals surface area contributed by atoms with Gasteiger partial charge in [-0.2, -0.15) is 0 Å². The number of amides is 1. The third-order valence-corrected chi connectivity index (χ3v) is 2.88. The second kappa shape index (κ2) is 7.13. The van der Waals surface area contributed by atoms with Gasteiger partial charge in [0.15, 0.2) is 0 Å². The molecule has 0 heterocycles. The number of benzene rings is 1. The van der Waals surface area contributed by atoms with Crippen LogP contribution < -0.4 is 11.1 Å². The minimum atomic E-state index is -0.609. The quantitative estimate of drug-likeness (QED) is 0.697. The molecule has 1 rings (SSSR count). The number of aliphatic hydroxyl groups excluding tert-OH is 1. The summed E-state index contributed by atoms with van der Waals surface area (Å²) in [6.07, 6.45) is 0.551. The van der Waals surface area contributed by atoms with Gasteiger partial charge in [0.1, 0.15) is 0 Å². The van der Waals surface area contributed by atoms with Crippen molar-refractivity contribution in [3.8, 4) is 0 Å². The van der Waals surface area contributed by atoms with Crippen molar-refractivity contribution in [2.24, 2.45) is 5.73 Å². The Balaban J connectivity index is 2.29. The molecular weight excluding hydrogens is 228 g/mol. The van der Waals surface area contributed by atoms with Gasteiger partial charge in [-0.15, -0.1) is 0 Å². The van der Waals surface area contributed by atoms with E-state index in [-0.39, 0.29) is 5.91 Å². The van der Waals surface area contributed by atoms with Crippen LogP contribution in [0.4, 0.5) is 0 Å². The Hall–Kier alpha value is -1.39. The minimum absolute atomic E-state index is 0.0346. The lowest BCUT2D eigenvalue weighted by molar-refractivity contribution is -0.121. The molecule has 1 amide bonds. The molecule has 0 aliphatic carbocycles. The van der Waals surface area contributed by atoms with E-state index in [0.29, 0.717) is 13.0 Å². The monoisotopic (exact) mass is 250 g/mol. The van der Waals surface area contributed by atoms with Crippen LogP contribution in [0, 0.1) is 6.92 Å². The molecule has 0 spiro atoms. The van der Waals surface area contributed by atoms with E-state index < -0.39 is 12.1 Å². The molecule has 0 aromatic heterocycles. The summed E-state index contributed by atoms with van der Waals surface area (Å²) in [4.78, 5) is 11.6. The fraction of sp³-hybridized carbons (Fsp3) is 0.500. The molecule has 0 bridgehead atoms. The number of carbonyl (C=O) groups is 1. The SMILES string of the molecule is Cc1cccc(CCC(=O)NCC(N)C(C)O)c1. The summed E-state index contributed by atoms with van der Waals surface area (Å²) in [5, 5.41) is 11.9. The maximum absolute atomic E-state index is 11.6. The van der Waals surface area contributed by atoms with Gasteiger partial charge in [-0.1, -0.05) is 29.8 Å². The molecular formula is C14H22N2O2. The number of aryl methyl sites for hydroxylation is 2. The molecule has 100 valence electrons. The van der Waals surface area contributed by atoms with Gasteiger partial charge < -0.3 is 16.2 Å². The Labute approximate surface area is 108 Å². The van der Waals surface area contributed by atoms with Crippen molar-refractivity contribution in [3.05, 3.63) is 35.4 Å². The van der Waals surface area contributed by atoms with Crippen molar-refractivity contribution < 1.29 is 9.90 Å². The van der Waals surface area contributed by atoms with Crippen molar-refractivity contribution in [3.63, 3.8) is 0 Å². The second-order valence-corrected chi connectivity index (χ2v) is 4.70. The molecule has 0 aliphatic heterocycles. The third-order valence-electron chi connectivity index (χ3n) is 2.88. The molecule has 2 unspecified atom stereocenters. The number of rotatable bonds is 6. The van der Waals surface area contributed by atoms with Crippen LogP contribution in [-0.2, 0) is 11.2 Å². The van der Waals surface area contributed by atoms with Gasteiger partial charge in [-0.25, -0.2) is 0 Å². The van der Waals surface area contributed by atoms with Crippen LogP contribution in [0.2, 0.25) is 0 Å². The van der Waals surface area contributed by atoms with Crippen LogP contribution in [-0.4, -0.2) is 29.7 Å². The van der Waals surface area contributed by atoms with E-state index in [1.54, 1.807) is 6.92 Å². The lowest BCUT2D eigenvalue weighted by Gasteiger charge is -2.15. The molecule has 4 heteroatoms. The summed E-state index contributed by atoms with van der Waals surface area (Å²) in [5.41, 5.74) is 7.98. The zero-order chi connectivity index (χ0) is 13.5. The highest BCUT2D eigenvalue weighted by atomic mass is 16.3. The van der Waals surface area contributed by atoms with E-state index in [0.717, 1.165) is 12.0 Å². The molecule has 0 saturated carbocycles. The molecule has 1 aromatic carbocycles. The Morgan fingerprint density at radius 1 is 1.50 bits per heavy atom. The van der Waals surface area contributed by atoms with E-state index >= 15 is 0 Å². The van der Waals surface area contributed by atoms with Crippen LogP contribution >= 0.6 is 0 Å². The van der Waals surface area contributed by atoms with Crippen LogP contribution in [0.3, 0.4) is 0 Å². The van der Waals surface area contributed by atoms with Gasteiger partial charge in [0.2, 0.25) is 5.91 Å². The first-order chi connectivity index (χ1) is 8.49. The van der Waals surface area contributed by atoms with E-state index in [2.05, 4.69) is 11.4 Å². The molecule has 0 saturated heterocycles. The van der Waals surface area contributed by atoms with Crippen LogP contribution in [0.15, 0.2) is 24.3 Å².